The van der Waals surface area contributed by atoms with Crippen molar-refractivity contribution < 1.29 is 31.1 Å². The van der Waals surface area contributed by atoms with Gasteiger partial charge in [-0.15, -0.1) is 0 Å². The summed E-state index contributed by atoms with van der Waals surface area (Å²) < 4.78 is 85.6. The van der Waals surface area contributed by atoms with Gasteiger partial charge in [0.05, 0.1) is 0 Å². The highest BCUT2D eigenvalue weighted by atomic mass is 19.3. The molecule has 8 heteroatoms. The SMILES string of the molecule is Cc1ccc(C(F)(F)Oc2cc(F)c(C#N)c(F)c2)c(F)c1F. The largest absolute Gasteiger partial charge is 0.429 e. The van der Waals surface area contributed by atoms with Gasteiger partial charge in [-0.3, -0.25) is 0 Å². The second-order valence-corrected chi connectivity index (χ2v) is 4.55. The monoisotopic (exact) mass is 331 g/mol. The van der Waals surface area contributed by atoms with Crippen molar-refractivity contribution in [1.29, 1.82) is 5.26 Å². The van der Waals surface area contributed by atoms with E-state index in [-0.39, 0.29) is 5.56 Å². The number of aryl methyl sites for hydroxylation is 1. The van der Waals surface area contributed by atoms with Gasteiger partial charge in [0.15, 0.2) is 11.6 Å². The molecule has 0 radical (unpaired) electrons. The van der Waals surface area contributed by atoms with E-state index >= 15 is 0 Å². The minimum Gasteiger partial charge on any atom is -0.429 e. The highest BCUT2D eigenvalue weighted by Gasteiger charge is 2.39. The third-order valence-corrected chi connectivity index (χ3v) is 2.96. The van der Waals surface area contributed by atoms with Crippen molar-refractivity contribution >= 4 is 0 Å². The normalized spacial score (nSPS) is 11.2. The van der Waals surface area contributed by atoms with Crippen molar-refractivity contribution in [3.63, 3.8) is 0 Å². The molecule has 0 aliphatic rings. The average molecular weight is 331 g/mol. The Kier molecular flexibility index (Phi) is 4.23. The Morgan fingerprint density at radius 2 is 1.57 bits per heavy atom. The smallest absolute Gasteiger partial charge is 0.429 e. The Morgan fingerprint density at radius 1 is 1.00 bits per heavy atom. The van der Waals surface area contributed by atoms with Gasteiger partial charge in [0.1, 0.15) is 34.6 Å². The number of halogens is 6. The van der Waals surface area contributed by atoms with Gasteiger partial charge in [-0.2, -0.15) is 14.0 Å². The van der Waals surface area contributed by atoms with Gasteiger partial charge in [-0.1, -0.05) is 6.07 Å². The molecule has 2 aromatic rings. The molecule has 0 heterocycles. The number of nitrogens with zero attached hydrogens (tertiary/aromatic N) is 1. The van der Waals surface area contributed by atoms with Crippen molar-refractivity contribution in [2.45, 2.75) is 13.0 Å². The van der Waals surface area contributed by atoms with Crippen molar-refractivity contribution in [2.75, 3.05) is 0 Å². The molecule has 0 unspecified atom stereocenters. The molecule has 0 spiro atoms. The fourth-order valence-electron chi connectivity index (χ4n) is 1.79. The lowest BCUT2D eigenvalue weighted by atomic mass is 10.1. The maximum atomic E-state index is 13.9. The van der Waals surface area contributed by atoms with E-state index in [4.69, 9.17) is 5.26 Å². The van der Waals surface area contributed by atoms with Gasteiger partial charge < -0.3 is 4.74 Å². The zero-order chi connectivity index (χ0) is 17.4. The molecule has 0 aliphatic heterocycles. The predicted molar refractivity (Wildman–Crippen MR) is 66.7 cm³/mol. The first-order chi connectivity index (χ1) is 10.7. The van der Waals surface area contributed by atoms with E-state index in [0.29, 0.717) is 18.2 Å². The first kappa shape index (κ1) is 16.7. The van der Waals surface area contributed by atoms with Gasteiger partial charge >= 0.3 is 6.11 Å². The van der Waals surface area contributed by atoms with Crippen LogP contribution in [0.25, 0.3) is 0 Å². The van der Waals surface area contributed by atoms with Crippen LogP contribution in [0.2, 0.25) is 0 Å². The maximum absolute atomic E-state index is 13.9. The maximum Gasteiger partial charge on any atom is 0.429 e. The van der Waals surface area contributed by atoms with Crippen LogP contribution in [0, 0.1) is 41.5 Å². The van der Waals surface area contributed by atoms with Crippen LogP contribution in [0.15, 0.2) is 24.3 Å². The summed E-state index contributed by atoms with van der Waals surface area (Å²) >= 11 is 0. The zero-order valence-corrected chi connectivity index (χ0v) is 11.4. The summed E-state index contributed by atoms with van der Waals surface area (Å²) in [6.07, 6.45) is -4.38. The van der Waals surface area contributed by atoms with E-state index in [9.17, 15) is 26.3 Å². The molecule has 23 heavy (non-hydrogen) atoms. The Balaban J connectivity index is 2.43. The van der Waals surface area contributed by atoms with Crippen molar-refractivity contribution in [1.82, 2.24) is 0 Å². The average Bonchev–Trinajstić information content (AvgIpc) is 2.43. The number of hydrogen-bond acceptors (Lipinski definition) is 2. The molecule has 0 N–H and O–H groups in total. The van der Waals surface area contributed by atoms with Crippen molar-refractivity contribution in [3.8, 4) is 11.8 Å². The lowest BCUT2D eigenvalue weighted by Crippen LogP contribution is -2.24. The number of rotatable bonds is 3. The van der Waals surface area contributed by atoms with Crippen molar-refractivity contribution in [2.24, 2.45) is 0 Å². The molecule has 0 fully saturated rings. The molecule has 120 valence electrons. The second-order valence-electron chi connectivity index (χ2n) is 4.55. The molecule has 0 amide bonds. The molecular weight excluding hydrogens is 324 g/mol. The van der Waals surface area contributed by atoms with Crippen LogP contribution in [0.4, 0.5) is 26.3 Å². The van der Waals surface area contributed by atoms with Crippen LogP contribution in [0.1, 0.15) is 16.7 Å². The van der Waals surface area contributed by atoms with Crippen LogP contribution in [0.5, 0.6) is 5.75 Å². The Labute approximate surface area is 126 Å². The van der Waals surface area contributed by atoms with E-state index in [1.165, 1.54) is 13.0 Å². The van der Waals surface area contributed by atoms with E-state index in [1.54, 1.807) is 0 Å². The Hall–Kier alpha value is -2.69. The number of benzene rings is 2. The second kappa shape index (κ2) is 5.83. The van der Waals surface area contributed by atoms with E-state index < -0.39 is 46.3 Å². The first-order valence-electron chi connectivity index (χ1n) is 6.08. The minimum atomic E-state index is -4.38. The molecule has 2 rings (SSSR count). The highest BCUT2D eigenvalue weighted by Crippen LogP contribution is 2.35. The van der Waals surface area contributed by atoms with Gasteiger partial charge in [0.2, 0.25) is 0 Å². The van der Waals surface area contributed by atoms with Gasteiger partial charge in [0, 0.05) is 12.1 Å². The van der Waals surface area contributed by atoms with Crippen LogP contribution >= 0.6 is 0 Å². The summed E-state index contributed by atoms with van der Waals surface area (Å²) in [5.41, 5.74) is -2.60. The lowest BCUT2D eigenvalue weighted by Gasteiger charge is -2.19. The quantitative estimate of drug-likeness (QED) is 0.773. The fourth-order valence-corrected chi connectivity index (χ4v) is 1.79. The summed E-state index contributed by atoms with van der Waals surface area (Å²) in [7, 11) is 0. The number of hydrogen-bond donors (Lipinski definition) is 0. The lowest BCUT2D eigenvalue weighted by molar-refractivity contribution is -0.187. The third kappa shape index (κ3) is 3.08. The van der Waals surface area contributed by atoms with E-state index in [1.807, 2.05) is 0 Å². The van der Waals surface area contributed by atoms with E-state index in [0.717, 1.165) is 6.07 Å². The van der Waals surface area contributed by atoms with E-state index in [2.05, 4.69) is 4.74 Å². The van der Waals surface area contributed by atoms with Gasteiger partial charge in [-0.05, 0) is 18.6 Å². The summed E-state index contributed by atoms with van der Waals surface area (Å²) in [5, 5.41) is 8.48. The summed E-state index contributed by atoms with van der Waals surface area (Å²) in [6, 6.07) is 3.40. The van der Waals surface area contributed by atoms with Gasteiger partial charge in [0.25, 0.3) is 0 Å². The van der Waals surface area contributed by atoms with Gasteiger partial charge in [-0.25, -0.2) is 17.6 Å². The number of alkyl halides is 2. The summed E-state index contributed by atoms with van der Waals surface area (Å²) in [4.78, 5) is 0. The molecule has 2 nitrogen and oxygen atoms in total. The molecule has 0 aromatic heterocycles. The Morgan fingerprint density at radius 3 is 2.09 bits per heavy atom. The summed E-state index contributed by atoms with van der Waals surface area (Å²) in [6.45, 7) is 1.17. The molecular formula is C15H7F6NO. The number of nitriles is 1. The third-order valence-electron chi connectivity index (χ3n) is 2.96. The molecule has 0 atom stereocenters. The van der Waals surface area contributed by atoms with Crippen LogP contribution < -0.4 is 4.74 Å². The number of ether oxygens (including phenoxy) is 1. The van der Waals surface area contributed by atoms with Crippen LogP contribution in [0.3, 0.4) is 0 Å². The molecule has 0 aliphatic carbocycles. The molecule has 0 saturated heterocycles. The fraction of sp³-hybridized carbons (Fsp3) is 0.133. The zero-order valence-electron chi connectivity index (χ0n) is 11.4. The summed E-state index contributed by atoms with van der Waals surface area (Å²) in [5.74, 6) is -7.14. The first-order valence-corrected chi connectivity index (χ1v) is 6.08. The topological polar surface area (TPSA) is 33.0 Å². The molecule has 2 aromatic carbocycles. The van der Waals surface area contributed by atoms with Crippen LogP contribution in [-0.4, -0.2) is 0 Å². The Bertz CT molecular complexity index is 789. The molecule has 0 bridgehead atoms. The standard InChI is InChI=1S/C15H7F6NO/c1-7-2-3-10(14(19)13(7)18)15(20,21)23-8-4-11(16)9(6-22)12(17)5-8/h2-5H,1H3. The predicted octanol–water partition coefficient (Wildman–Crippen LogP) is 4.55. The van der Waals surface area contributed by atoms with Crippen LogP contribution in [-0.2, 0) is 6.11 Å². The minimum absolute atomic E-state index is 0.197. The van der Waals surface area contributed by atoms with Crippen molar-refractivity contribution in [3.05, 3.63) is 64.2 Å². The highest BCUT2D eigenvalue weighted by molar-refractivity contribution is 5.38. The molecule has 0 saturated carbocycles.